The highest BCUT2D eigenvalue weighted by Crippen LogP contribution is 2.12. The van der Waals surface area contributed by atoms with Crippen molar-refractivity contribution in [3.8, 4) is 5.75 Å². The van der Waals surface area contributed by atoms with E-state index in [1.54, 1.807) is 30.3 Å². The highest BCUT2D eigenvalue weighted by Gasteiger charge is 2.04. The van der Waals surface area contributed by atoms with E-state index < -0.39 is 0 Å². The number of ketones is 1. The third-order valence-electron chi connectivity index (χ3n) is 3.06. The molecule has 0 saturated carbocycles. The zero-order valence-electron chi connectivity index (χ0n) is 12.7. The normalized spacial score (nSPS) is 10.1. The number of aromatic nitrogens is 2. The van der Waals surface area contributed by atoms with E-state index >= 15 is 0 Å². The zero-order chi connectivity index (χ0) is 16.7. The molecule has 1 aromatic carbocycles. The van der Waals surface area contributed by atoms with Gasteiger partial charge in [0.05, 0.1) is 6.54 Å². The number of ether oxygens (including phenoxy) is 1. The first-order valence-corrected chi connectivity index (χ1v) is 7.09. The molecule has 0 radical (unpaired) electrons. The van der Waals surface area contributed by atoms with E-state index in [1.165, 1.54) is 23.9 Å². The summed E-state index contributed by atoms with van der Waals surface area (Å²) in [6, 6.07) is 9.52. The largest absolute Gasteiger partial charge is 0.484 e. The van der Waals surface area contributed by atoms with Crippen LogP contribution >= 0.6 is 0 Å². The molecule has 2 aromatic rings. The summed E-state index contributed by atoms with van der Waals surface area (Å²) < 4.78 is 6.59. The lowest BCUT2D eigenvalue weighted by molar-refractivity contribution is -0.123. The molecule has 0 atom stereocenters. The molecule has 0 fully saturated rings. The van der Waals surface area contributed by atoms with E-state index in [0.29, 0.717) is 17.9 Å². The number of Topliss-reactive ketones (excluding diaryl/α,β-unsaturated/α-hetero) is 1. The fraction of sp³-hybridized carbons (Fsp3) is 0.250. The molecule has 0 aliphatic rings. The van der Waals surface area contributed by atoms with Crippen LogP contribution in [-0.2, 0) is 11.3 Å². The smallest absolute Gasteiger partial charge is 0.266 e. The lowest BCUT2D eigenvalue weighted by Gasteiger charge is -2.08. The van der Waals surface area contributed by atoms with Crippen molar-refractivity contribution in [1.29, 1.82) is 0 Å². The van der Waals surface area contributed by atoms with Crippen molar-refractivity contribution >= 4 is 11.7 Å². The van der Waals surface area contributed by atoms with Crippen LogP contribution in [0, 0.1) is 0 Å². The highest BCUT2D eigenvalue weighted by atomic mass is 16.5. The van der Waals surface area contributed by atoms with Crippen LogP contribution in [0.15, 0.2) is 47.4 Å². The fourth-order valence-electron chi connectivity index (χ4n) is 1.84. The van der Waals surface area contributed by atoms with Gasteiger partial charge in [0.25, 0.3) is 11.5 Å². The topological polar surface area (TPSA) is 90.3 Å². The average molecular weight is 315 g/mol. The Balaban J connectivity index is 1.74. The molecule has 7 heteroatoms. The van der Waals surface area contributed by atoms with Gasteiger partial charge in [-0.15, -0.1) is 0 Å². The van der Waals surface area contributed by atoms with Gasteiger partial charge in [0.2, 0.25) is 0 Å². The van der Waals surface area contributed by atoms with Crippen molar-refractivity contribution in [3.63, 3.8) is 0 Å². The first-order chi connectivity index (χ1) is 11.1. The second-order valence-electron chi connectivity index (χ2n) is 4.80. The minimum atomic E-state index is -0.301. The van der Waals surface area contributed by atoms with Gasteiger partial charge in [-0.05, 0) is 37.3 Å². The summed E-state index contributed by atoms with van der Waals surface area (Å²) in [6.45, 7) is 1.91. The number of rotatable bonds is 7. The predicted octanol–water partition coefficient (Wildman–Crippen LogP) is 0.641. The van der Waals surface area contributed by atoms with Crippen molar-refractivity contribution in [3.05, 3.63) is 58.5 Å². The van der Waals surface area contributed by atoms with Crippen LogP contribution in [-0.4, -0.2) is 34.6 Å². The molecule has 0 unspecified atom stereocenters. The molecule has 120 valence electrons. The summed E-state index contributed by atoms with van der Waals surface area (Å²) in [4.78, 5) is 34.2. The number of benzene rings is 1. The third kappa shape index (κ3) is 5.06. The highest BCUT2D eigenvalue weighted by molar-refractivity contribution is 5.94. The Labute approximate surface area is 132 Å². The van der Waals surface area contributed by atoms with Crippen molar-refractivity contribution in [2.75, 3.05) is 13.2 Å². The van der Waals surface area contributed by atoms with Gasteiger partial charge in [-0.2, -0.15) is 5.10 Å². The van der Waals surface area contributed by atoms with Crippen LogP contribution in [0.3, 0.4) is 0 Å². The first-order valence-electron chi connectivity index (χ1n) is 7.09. The second-order valence-corrected chi connectivity index (χ2v) is 4.80. The number of nitrogens with one attached hydrogen (secondary N) is 1. The van der Waals surface area contributed by atoms with Crippen molar-refractivity contribution in [2.45, 2.75) is 13.5 Å². The predicted molar refractivity (Wildman–Crippen MR) is 83.4 cm³/mol. The van der Waals surface area contributed by atoms with Crippen molar-refractivity contribution < 1.29 is 14.3 Å². The Morgan fingerprint density at radius 2 is 1.96 bits per heavy atom. The van der Waals surface area contributed by atoms with Crippen molar-refractivity contribution in [1.82, 2.24) is 15.1 Å². The lowest BCUT2D eigenvalue weighted by Crippen LogP contribution is -2.34. The summed E-state index contributed by atoms with van der Waals surface area (Å²) >= 11 is 0. The first kappa shape index (κ1) is 16.4. The fourth-order valence-corrected chi connectivity index (χ4v) is 1.84. The van der Waals surface area contributed by atoms with Crippen LogP contribution in [0.4, 0.5) is 0 Å². The van der Waals surface area contributed by atoms with Crippen LogP contribution in [0.25, 0.3) is 0 Å². The number of hydrogen-bond acceptors (Lipinski definition) is 5. The van der Waals surface area contributed by atoms with Gasteiger partial charge in [-0.3, -0.25) is 14.4 Å². The molecule has 1 heterocycles. The number of hydrogen-bond donors (Lipinski definition) is 1. The minimum Gasteiger partial charge on any atom is -0.484 e. The molecule has 7 nitrogen and oxygen atoms in total. The van der Waals surface area contributed by atoms with E-state index in [0.717, 1.165) is 0 Å². The zero-order valence-corrected chi connectivity index (χ0v) is 12.7. The maximum absolute atomic E-state index is 11.7. The summed E-state index contributed by atoms with van der Waals surface area (Å²) in [5.74, 6) is 0.176. The molecule has 1 amide bonds. The van der Waals surface area contributed by atoms with Crippen molar-refractivity contribution in [2.24, 2.45) is 0 Å². The maximum Gasteiger partial charge on any atom is 0.266 e. The Kier molecular flexibility index (Phi) is 5.62. The summed E-state index contributed by atoms with van der Waals surface area (Å²) in [5.41, 5.74) is 0.367. The average Bonchev–Trinajstić information content (AvgIpc) is 2.55. The standard InChI is InChI=1S/C16H17N3O4/c1-12(20)13-4-6-14(7-5-13)23-11-15(21)17-9-10-19-16(22)3-2-8-18-19/h2-8H,9-11H2,1H3,(H,17,21). The van der Waals surface area contributed by atoms with E-state index in [1.807, 2.05) is 0 Å². The Morgan fingerprint density at radius 1 is 1.22 bits per heavy atom. The van der Waals surface area contributed by atoms with Gasteiger partial charge >= 0.3 is 0 Å². The Morgan fingerprint density at radius 3 is 2.61 bits per heavy atom. The van der Waals surface area contributed by atoms with Crippen LogP contribution in [0.1, 0.15) is 17.3 Å². The van der Waals surface area contributed by atoms with Crippen LogP contribution in [0.2, 0.25) is 0 Å². The molecule has 1 N–H and O–H groups in total. The quantitative estimate of drug-likeness (QED) is 0.757. The summed E-state index contributed by atoms with van der Waals surface area (Å²) in [7, 11) is 0. The Bertz CT molecular complexity index is 737. The van der Waals surface area contributed by atoms with Crippen LogP contribution < -0.4 is 15.6 Å². The molecular weight excluding hydrogens is 298 g/mol. The number of carbonyl (C=O) groups is 2. The SMILES string of the molecule is CC(=O)c1ccc(OCC(=O)NCCn2ncccc2=O)cc1. The molecule has 23 heavy (non-hydrogen) atoms. The van der Waals surface area contributed by atoms with E-state index in [2.05, 4.69) is 10.4 Å². The summed E-state index contributed by atoms with van der Waals surface area (Å²) in [6.07, 6.45) is 1.51. The lowest BCUT2D eigenvalue weighted by atomic mass is 10.1. The number of nitrogens with zero attached hydrogens (tertiary/aromatic N) is 2. The van der Waals surface area contributed by atoms with Gasteiger partial charge in [-0.25, -0.2) is 4.68 Å². The van der Waals surface area contributed by atoms with Gasteiger partial charge in [0.1, 0.15) is 5.75 Å². The van der Waals surface area contributed by atoms with E-state index in [9.17, 15) is 14.4 Å². The van der Waals surface area contributed by atoms with E-state index in [4.69, 9.17) is 4.74 Å². The number of amides is 1. The van der Waals surface area contributed by atoms with Gasteiger partial charge in [0, 0.05) is 24.4 Å². The van der Waals surface area contributed by atoms with E-state index in [-0.39, 0.29) is 30.4 Å². The third-order valence-corrected chi connectivity index (χ3v) is 3.06. The maximum atomic E-state index is 11.7. The molecule has 1 aromatic heterocycles. The molecule has 2 rings (SSSR count). The monoisotopic (exact) mass is 315 g/mol. The minimum absolute atomic E-state index is 0.0287. The Hall–Kier alpha value is -2.96. The van der Waals surface area contributed by atoms with Gasteiger partial charge in [-0.1, -0.05) is 0 Å². The molecule has 0 aliphatic carbocycles. The van der Waals surface area contributed by atoms with Gasteiger partial charge in [0.15, 0.2) is 12.4 Å². The molecule has 0 spiro atoms. The van der Waals surface area contributed by atoms with Crippen LogP contribution in [0.5, 0.6) is 5.75 Å². The molecule has 0 aliphatic heterocycles. The van der Waals surface area contributed by atoms with Gasteiger partial charge < -0.3 is 10.1 Å². The number of carbonyl (C=O) groups excluding carboxylic acids is 2. The molecule has 0 bridgehead atoms. The second kappa shape index (κ2) is 7.88. The molecular formula is C16H17N3O4. The molecule has 0 saturated heterocycles. The summed E-state index contributed by atoms with van der Waals surface area (Å²) in [5, 5.41) is 6.53.